The van der Waals surface area contributed by atoms with Crippen molar-refractivity contribution in [2.75, 3.05) is 24.3 Å². The Morgan fingerprint density at radius 3 is 3.10 bits per heavy atom. The fourth-order valence-corrected chi connectivity index (χ4v) is 6.24. The minimum atomic E-state index is -3.62. The van der Waals surface area contributed by atoms with Crippen LogP contribution in [0.15, 0.2) is 16.6 Å². The Morgan fingerprint density at radius 2 is 2.38 bits per heavy atom. The molecule has 1 unspecified atom stereocenters. The molecule has 0 radical (unpaired) electrons. The number of hydrogen-bond donors (Lipinski definition) is 2. The number of sulfonamides is 1. The highest BCUT2D eigenvalue weighted by molar-refractivity contribution is 8.00. The van der Waals surface area contributed by atoms with Crippen molar-refractivity contribution in [1.29, 1.82) is 0 Å². The standard InChI is InChI=1S/C11H17N5O2S3/c1-2-8-7-15(3-5-19-8)21(17,18)10-9(14-12)13-11-16(10)4-6-20-11/h4,6,8,14H,2-3,5,7,12H2,1H3. The summed E-state index contributed by atoms with van der Waals surface area (Å²) in [5, 5.41) is 2.28. The number of hydrogen-bond acceptors (Lipinski definition) is 7. The Labute approximate surface area is 131 Å². The molecule has 2 aromatic heterocycles. The molecule has 1 saturated heterocycles. The van der Waals surface area contributed by atoms with Gasteiger partial charge in [-0.3, -0.25) is 4.40 Å². The van der Waals surface area contributed by atoms with Crippen LogP contribution in [0.3, 0.4) is 0 Å². The second-order valence-electron chi connectivity index (χ2n) is 4.73. The van der Waals surface area contributed by atoms with Crippen LogP contribution in [0, 0.1) is 0 Å². The second-order valence-corrected chi connectivity index (χ2v) is 8.86. The molecular weight excluding hydrogens is 330 g/mol. The normalized spacial score (nSPS) is 21.0. The minimum absolute atomic E-state index is 0.128. The van der Waals surface area contributed by atoms with Crippen LogP contribution < -0.4 is 11.3 Å². The lowest BCUT2D eigenvalue weighted by Gasteiger charge is -2.30. The van der Waals surface area contributed by atoms with E-state index >= 15 is 0 Å². The van der Waals surface area contributed by atoms with Gasteiger partial charge in [-0.15, -0.1) is 11.3 Å². The number of nitrogens with zero attached hydrogens (tertiary/aromatic N) is 3. The first-order valence-electron chi connectivity index (χ1n) is 6.61. The van der Waals surface area contributed by atoms with Gasteiger partial charge in [0.2, 0.25) is 5.03 Å². The van der Waals surface area contributed by atoms with Gasteiger partial charge in [-0.05, 0) is 6.42 Å². The summed E-state index contributed by atoms with van der Waals surface area (Å²) in [4.78, 5) is 4.84. The van der Waals surface area contributed by atoms with Gasteiger partial charge in [-0.25, -0.2) is 14.3 Å². The van der Waals surface area contributed by atoms with Gasteiger partial charge in [0.05, 0.1) is 0 Å². The van der Waals surface area contributed by atoms with E-state index in [2.05, 4.69) is 17.3 Å². The molecule has 1 fully saturated rings. The van der Waals surface area contributed by atoms with Crippen LogP contribution in [0.4, 0.5) is 5.82 Å². The van der Waals surface area contributed by atoms with Crippen molar-refractivity contribution in [2.45, 2.75) is 23.6 Å². The number of thiazole rings is 1. The van der Waals surface area contributed by atoms with Gasteiger partial charge in [0, 0.05) is 35.7 Å². The number of hydrazine groups is 1. The van der Waals surface area contributed by atoms with E-state index < -0.39 is 10.0 Å². The minimum Gasteiger partial charge on any atom is -0.306 e. The average Bonchev–Trinajstić information content (AvgIpc) is 3.06. The largest absolute Gasteiger partial charge is 0.306 e. The molecule has 1 aliphatic rings. The molecular formula is C11H17N5O2S3. The highest BCUT2D eigenvalue weighted by atomic mass is 32.2. The summed E-state index contributed by atoms with van der Waals surface area (Å²) in [5.41, 5.74) is 2.41. The fourth-order valence-electron chi connectivity index (χ4n) is 2.39. The smallest absolute Gasteiger partial charge is 0.263 e. The molecule has 21 heavy (non-hydrogen) atoms. The molecule has 0 amide bonds. The van der Waals surface area contributed by atoms with Crippen molar-refractivity contribution in [3.63, 3.8) is 0 Å². The summed E-state index contributed by atoms with van der Waals surface area (Å²) in [7, 11) is -3.62. The van der Waals surface area contributed by atoms with Crippen molar-refractivity contribution < 1.29 is 8.42 Å². The van der Waals surface area contributed by atoms with Gasteiger partial charge >= 0.3 is 0 Å². The summed E-state index contributed by atoms with van der Waals surface area (Å²) >= 11 is 3.20. The molecule has 3 rings (SSSR count). The van der Waals surface area contributed by atoms with Crippen molar-refractivity contribution in [2.24, 2.45) is 5.84 Å². The van der Waals surface area contributed by atoms with Crippen LogP contribution in [0.25, 0.3) is 4.96 Å². The van der Waals surface area contributed by atoms with Gasteiger partial charge < -0.3 is 5.43 Å². The maximum atomic E-state index is 13.0. The average molecular weight is 347 g/mol. The van der Waals surface area contributed by atoms with Gasteiger partial charge in [-0.2, -0.15) is 21.1 Å². The molecule has 1 atom stereocenters. The number of imidazole rings is 1. The van der Waals surface area contributed by atoms with Crippen LogP contribution in [0.1, 0.15) is 13.3 Å². The van der Waals surface area contributed by atoms with E-state index in [0.29, 0.717) is 23.3 Å². The Morgan fingerprint density at radius 1 is 1.57 bits per heavy atom. The predicted octanol–water partition coefficient (Wildman–Crippen LogP) is 1.20. The number of anilines is 1. The van der Waals surface area contributed by atoms with Gasteiger partial charge in [-0.1, -0.05) is 6.92 Å². The topological polar surface area (TPSA) is 92.7 Å². The van der Waals surface area contributed by atoms with E-state index in [1.54, 1.807) is 14.9 Å². The van der Waals surface area contributed by atoms with Crippen molar-refractivity contribution in [1.82, 2.24) is 13.7 Å². The first-order chi connectivity index (χ1) is 10.1. The highest BCUT2D eigenvalue weighted by Crippen LogP contribution is 2.31. The number of nitrogens with two attached hydrogens (primary N) is 1. The number of aromatic nitrogens is 2. The molecule has 10 heteroatoms. The Kier molecular flexibility index (Phi) is 4.14. The number of nitrogen functional groups attached to an aromatic ring is 1. The van der Waals surface area contributed by atoms with Gasteiger partial charge in [0.25, 0.3) is 10.0 Å². The number of nitrogens with one attached hydrogen (secondary N) is 1. The summed E-state index contributed by atoms with van der Waals surface area (Å²) in [5.74, 6) is 6.46. The molecule has 116 valence electrons. The number of rotatable bonds is 4. The molecule has 0 bridgehead atoms. The molecule has 3 N–H and O–H groups in total. The third kappa shape index (κ3) is 2.55. The molecule has 1 aliphatic heterocycles. The first kappa shape index (κ1) is 15.1. The number of fused-ring (bicyclic) bond motifs is 1. The third-order valence-corrected chi connectivity index (χ3v) is 7.52. The summed E-state index contributed by atoms with van der Waals surface area (Å²) in [6, 6.07) is 0. The maximum absolute atomic E-state index is 13.0. The molecule has 0 aliphatic carbocycles. The van der Waals surface area contributed by atoms with E-state index in [1.165, 1.54) is 11.3 Å². The summed E-state index contributed by atoms with van der Waals surface area (Å²) < 4.78 is 29.1. The lowest BCUT2D eigenvalue weighted by atomic mass is 10.3. The second kappa shape index (κ2) is 5.76. The van der Waals surface area contributed by atoms with Crippen molar-refractivity contribution in [3.05, 3.63) is 11.6 Å². The molecule has 0 spiro atoms. The van der Waals surface area contributed by atoms with Crippen molar-refractivity contribution >= 4 is 43.9 Å². The lowest BCUT2D eigenvalue weighted by Crippen LogP contribution is -2.42. The molecule has 2 aromatic rings. The summed E-state index contributed by atoms with van der Waals surface area (Å²) in [6.07, 6.45) is 2.66. The molecule has 7 nitrogen and oxygen atoms in total. The van der Waals surface area contributed by atoms with E-state index in [9.17, 15) is 8.42 Å². The van der Waals surface area contributed by atoms with Gasteiger partial charge in [0.15, 0.2) is 10.8 Å². The maximum Gasteiger partial charge on any atom is 0.263 e. The van der Waals surface area contributed by atoms with Crippen LogP contribution in [-0.2, 0) is 10.0 Å². The Hall–Kier alpha value is -0.810. The van der Waals surface area contributed by atoms with Crippen LogP contribution in [-0.4, -0.2) is 46.2 Å². The summed E-state index contributed by atoms with van der Waals surface area (Å²) in [6.45, 7) is 3.13. The monoisotopic (exact) mass is 347 g/mol. The lowest BCUT2D eigenvalue weighted by molar-refractivity contribution is 0.414. The highest BCUT2D eigenvalue weighted by Gasteiger charge is 2.35. The van der Waals surface area contributed by atoms with Gasteiger partial charge in [0.1, 0.15) is 0 Å². The molecule has 0 aromatic carbocycles. The molecule has 3 heterocycles. The zero-order valence-electron chi connectivity index (χ0n) is 11.5. The van der Waals surface area contributed by atoms with Crippen LogP contribution >= 0.6 is 23.1 Å². The zero-order valence-corrected chi connectivity index (χ0v) is 14.0. The predicted molar refractivity (Wildman–Crippen MR) is 86.2 cm³/mol. The third-order valence-electron chi connectivity index (χ3n) is 3.50. The van der Waals surface area contributed by atoms with E-state index in [0.717, 1.165) is 12.2 Å². The first-order valence-corrected chi connectivity index (χ1v) is 9.98. The van der Waals surface area contributed by atoms with Crippen LogP contribution in [0.2, 0.25) is 0 Å². The van der Waals surface area contributed by atoms with E-state index in [-0.39, 0.29) is 10.8 Å². The Bertz CT molecular complexity index is 738. The number of thioether (sulfide) groups is 1. The fraction of sp³-hybridized carbons (Fsp3) is 0.545. The zero-order chi connectivity index (χ0) is 15.0. The molecule has 0 saturated carbocycles. The van der Waals surface area contributed by atoms with Crippen molar-refractivity contribution in [3.8, 4) is 0 Å². The SMILES string of the molecule is CCC1CN(S(=O)(=O)c2c(NN)nc3sccn23)CCS1. The van der Waals surface area contributed by atoms with Crippen LogP contribution in [0.5, 0.6) is 0 Å². The van der Waals surface area contributed by atoms with E-state index in [4.69, 9.17) is 5.84 Å². The Balaban J connectivity index is 2.05. The quantitative estimate of drug-likeness (QED) is 0.638. The van der Waals surface area contributed by atoms with E-state index in [1.807, 2.05) is 17.1 Å².